The molecule has 27 heavy (non-hydrogen) atoms. The number of ether oxygens (including phenoxy) is 4. The average Bonchev–Trinajstić information content (AvgIpc) is 2.95. The van der Waals surface area contributed by atoms with Crippen LogP contribution in [0.5, 0.6) is 17.2 Å². The smallest absolute Gasteiger partial charge is 0.338 e. The number of carbonyl (C=O) groups excluding carboxylic acids is 2. The molecule has 2 aromatic carbocycles. The normalized spacial score (nSPS) is 12.6. The molecule has 1 aliphatic rings. The van der Waals surface area contributed by atoms with E-state index < -0.39 is 5.97 Å². The zero-order chi connectivity index (χ0) is 19.1. The van der Waals surface area contributed by atoms with E-state index in [4.69, 9.17) is 18.9 Å². The molecule has 3 rings (SSSR count). The first-order chi connectivity index (χ1) is 13.2. The molecule has 0 aromatic heterocycles. The minimum absolute atomic E-state index is 0.305. The van der Waals surface area contributed by atoms with Gasteiger partial charge in [0.2, 0.25) is 0 Å². The van der Waals surface area contributed by atoms with Gasteiger partial charge in [-0.3, -0.25) is 4.79 Å². The maximum absolute atomic E-state index is 12.2. The summed E-state index contributed by atoms with van der Waals surface area (Å²) in [7, 11) is 1.58. The van der Waals surface area contributed by atoms with Crippen molar-refractivity contribution in [3.05, 3.63) is 53.6 Å². The zero-order valence-corrected chi connectivity index (χ0v) is 15.0. The second-order valence-electron chi connectivity index (χ2n) is 5.92. The van der Waals surface area contributed by atoms with Crippen LogP contribution in [-0.4, -0.2) is 38.8 Å². The molecule has 1 amide bonds. The highest BCUT2D eigenvalue weighted by Gasteiger charge is 2.16. The molecule has 7 heteroatoms. The Bertz CT molecular complexity index is 820. The first-order valence-electron chi connectivity index (χ1n) is 8.62. The molecule has 0 radical (unpaired) electrons. The van der Waals surface area contributed by atoms with Crippen molar-refractivity contribution in [2.45, 2.75) is 13.0 Å². The van der Waals surface area contributed by atoms with E-state index in [-0.39, 0.29) is 12.5 Å². The van der Waals surface area contributed by atoms with Gasteiger partial charge in [-0.15, -0.1) is 0 Å². The van der Waals surface area contributed by atoms with Crippen LogP contribution in [-0.2, 0) is 16.1 Å². The van der Waals surface area contributed by atoms with Crippen LogP contribution in [0.25, 0.3) is 0 Å². The molecule has 1 heterocycles. The summed E-state index contributed by atoms with van der Waals surface area (Å²) in [5.74, 6) is 0.829. The van der Waals surface area contributed by atoms with E-state index in [2.05, 4.69) is 5.32 Å². The molecule has 0 fully saturated rings. The molecule has 1 N–H and O–H groups in total. The van der Waals surface area contributed by atoms with Gasteiger partial charge in [0.25, 0.3) is 5.91 Å². The third kappa shape index (κ3) is 5.13. The van der Waals surface area contributed by atoms with Gasteiger partial charge in [0.15, 0.2) is 18.1 Å². The number of rotatable bonds is 6. The van der Waals surface area contributed by atoms with Crippen LogP contribution in [0, 0.1) is 0 Å². The Balaban J connectivity index is 1.49. The van der Waals surface area contributed by atoms with Gasteiger partial charge in [0, 0.05) is 13.0 Å². The highest BCUT2D eigenvalue weighted by Crippen LogP contribution is 2.30. The van der Waals surface area contributed by atoms with Gasteiger partial charge in [-0.1, -0.05) is 12.1 Å². The van der Waals surface area contributed by atoms with Crippen molar-refractivity contribution in [2.75, 3.05) is 26.9 Å². The molecule has 142 valence electrons. The van der Waals surface area contributed by atoms with Crippen molar-refractivity contribution in [1.82, 2.24) is 5.32 Å². The Labute approximate surface area is 157 Å². The Morgan fingerprint density at radius 2 is 1.89 bits per heavy atom. The number of esters is 1. The summed E-state index contributed by atoms with van der Waals surface area (Å²) in [4.78, 5) is 24.1. The van der Waals surface area contributed by atoms with Crippen LogP contribution >= 0.6 is 0 Å². The van der Waals surface area contributed by atoms with Gasteiger partial charge in [0.05, 0.1) is 25.9 Å². The van der Waals surface area contributed by atoms with Crippen LogP contribution in [0.3, 0.4) is 0 Å². The summed E-state index contributed by atoms with van der Waals surface area (Å²) >= 11 is 0. The van der Waals surface area contributed by atoms with Crippen molar-refractivity contribution in [3.8, 4) is 17.2 Å². The molecule has 7 nitrogen and oxygen atoms in total. The van der Waals surface area contributed by atoms with Crippen LogP contribution in [0.4, 0.5) is 0 Å². The first kappa shape index (κ1) is 18.6. The molecule has 0 saturated carbocycles. The predicted octanol–water partition coefficient (Wildman–Crippen LogP) is 2.33. The lowest BCUT2D eigenvalue weighted by molar-refractivity contribution is -0.124. The van der Waals surface area contributed by atoms with Crippen molar-refractivity contribution >= 4 is 11.9 Å². The second-order valence-corrected chi connectivity index (χ2v) is 5.92. The predicted molar refractivity (Wildman–Crippen MR) is 97.2 cm³/mol. The standard InChI is InChI=1S/C20H21NO6/c1-24-16-5-2-4-14(10-16)12-21-19(22)13-27-20(23)15-6-7-17-18(11-15)26-9-3-8-25-17/h2,4-7,10-11H,3,8-9,12-13H2,1H3,(H,21,22). The molecule has 0 unspecified atom stereocenters. The number of hydrogen-bond donors (Lipinski definition) is 1. The van der Waals surface area contributed by atoms with Crippen molar-refractivity contribution < 1.29 is 28.5 Å². The number of benzene rings is 2. The van der Waals surface area contributed by atoms with Gasteiger partial charge < -0.3 is 24.3 Å². The van der Waals surface area contributed by atoms with E-state index in [0.717, 1.165) is 12.0 Å². The number of nitrogens with one attached hydrogen (secondary N) is 1. The Kier molecular flexibility index (Phi) is 6.14. The SMILES string of the molecule is COc1cccc(CNC(=O)COC(=O)c2ccc3c(c2)OCCCO3)c1. The van der Waals surface area contributed by atoms with Gasteiger partial charge in [-0.25, -0.2) is 4.79 Å². The summed E-state index contributed by atoms with van der Waals surface area (Å²) < 4.78 is 21.3. The van der Waals surface area contributed by atoms with Gasteiger partial charge >= 0.3 is 5.97 Å². The van der Waals surface area contributed by atoms with E-state index >= 15 is 0 Å². The summed E-state index contributed by atoms with van der Waals surface area (Å²) in [5.41, 5.74) is 1.19. The van der Waals surface area contributed by atoms with E-state index in [1.54, 1.807) is 25.3 Å². The Morgan fingerprint density at radius 3 is 2.70 bits per heavy atom. The van der Waals surface area contributed by atoms with Gasteiger partial charge in [0.1, 0.15) is 5.75 Å². The van der Waals surface area contributed by atoms with Crippen molar-refractivity contribution in [1.29, 1.82) is 0 Å². The quantitative estimate of drug-likeness (QED) is 0.785. The zero-order valence-electron chi connectivity index (χ0n) is 15.0. The first-order valence-corrected chi connectivity index (χ1v) is 8.62. The summed E-state index contributed by atoms with van der Waals surface area (Å²) in [6.07, 6.45) is 0.780. The molecule has 0 atom stereocenters. The molecule has 0 aliphatic carbocycles. The molecule has 0 bridgehead atoms. The molecular formula is C20H21NO6. The largest absolute Gasteiger partial charge is 0.497 e. The molecule has 0 saturated heterocycles. The van der Waals surface area contributed by atoms with E-state index in [1.165, 1.54) is 0 Å². The second kappa shape index (κ2) is 8.93. The van der Waals surface area contributed by atoms with E-state index in [0.29, 0.717) is 42.6 Å². The number of amides is 1. The number of fused-ring (bicyclic) bond motifs is 1. The fourth-order valence-electron chi connectivity index (χ4n) is 2.54. The minimum atomic E-state index is -0.595. The maximum Gasteiger partial charge on any atom is 0.338 e. The topological polar surface area (TPSA) is 83.1 Å². The Morgan fingerprint density at radius 1 is 1.07 bits per heavy atom. The number of hydrogen-bond acceptors (Lipinski definition) is 6. The van der Waals surface area contributed by atoms with Crippen LogP contribution in [0.2, 0.25) is 0 Å². The third-order valence-electron chi connectivity index (χ3n) is 3.94. The average molecular weight is 371 g/mol. The summed E-state index contributed by atoms with van der Waals surface area (Å²) in [5, 5.41) is 2.70. The van der Waals surface area contributed by atoms with Crippen LogP contribution in [0.1, 0.15) is 22.3 Å². The summed E-state index contributed by atoms with van der Waals surface area (Å²) in [6.45, 7) is 1.05. The molecule has 2 aromatic rings. The van der Waals surface area contributed by atoms with Crippen molar-refractivity contribution in [3.63, 3.8) is 0 Å². The van der Waals surface area contributed by atoms with Crippen LogP contribution < -0.4 is 19.5 Å². The summed E-state index contributed by atoms with van der Waals surface area (Å²) in [6, 6.07) is 12.2. The maximum atomic E-state index is 12.2. The Hall–Kier alpha value is -3.22. The fourth-order valence-corrected chi connectivity index (χ4v) is 2.54. The minimum Gasteiger partial charge on any atom is -0.497 e. The van der Waals surface area contributed by atoms with Crippen LogP contribution in [0.15, 0.2) is 42.5 Å². The molecule has 0 spiro atoms. The lowest BCUT2D eigenvalue weighted by Crippen LogP contribution is -2.28. The van der Waals surface area contributed by atoms with E-state index in [9.17, 15) is 9.59 Å². The third-order valence-corrected chi connectivity index (χ3v) is 3.94. The highest BCUT2D eigenvalue weighted by atomic mass is 16.5. The lowest BCUT2D eigenvalue weighted by atomic mass is 10.2. The fraction of sp³-hybridized carbons (Fsp3) is 0.300. The monoisotopic (exact) mass is 371 g/mol. The van der Waals surface area contributed by atoms with Gasteiger partial charge in [-0.2, -0.15) is 0 Å². The van der Waals surface area contributed by atoms with Crippen molar-refractivity contribution in [2.24, 2.45) is 0 Å². The van der Waals surface area contributed by atoms with E-state index in [1.807, 2.05) is 24.3 Å². The number of methoxy groups -OCH3 is 1. The molecule has 1 aliphatic heterocycles. The lowest BCUT2D eigenvalue weighted by Gasteiger charge is -2.10. The highest BCUT2D eigenvalue weighted by molar-refractivity contribution is 5.92. The molecular weight excluding hydrogens is 350 g/mol. The number of carbonyl (C=O) groups is 2. The van der Waals surface area contributed by atoms with Gasteiger partial charge in [-0.05, 0) is 35.9 Å².